The van der Waals surface area contributed by atoms with Gasteiger partial charge in [-0.25, -0.2) is 4.98 Å². The molecule has 3 rings (SSSR count). The highest BCUT2D eigenvalue weighted by Crippen LogP contribution is 2.15. The van der Waals surface area contributed by atoms with Gasteiger partial charge in [-0.1, -0.05) is 18.2 Å². The lowest BCUT2D eigenvalue weighted by Crippen LogP contribution is -2.52. The first kappa shape index (κ1) is 20.3. The van der Waals surface area contributed by atoms with Gasteiger partial charge in [0.15, 0.2) is 5.96 Å². The summed E-state index contributed by atoms with van der Waals surface area (Å²) in [5, 5.41) is 3.44. The molecule has 1 N–H and O–H groups in total. The molecule has 2 heterocycles. The quantitative estimate of drug-likeness (QED) is 0.426. The van der Waals surface area contributed by atoms with Crippen LogP contribution in [0.3, 0.4) is 0 Å². The fraction of sp³-hybridized carbons (Fsp3) is 0.368. The zero-order valence-electron chi connectivity index (χ0n) is 15.3. The van der Waals surface area contributed by atoms with Crippen LogP contribution in [-0.4, -0.2) is 56.2 Å². The van der Waals surface area contributed by atoms with Gasteiger partial charge in [-0.05, 0) is 23.8 Å². The molecule has 26 heavy (non-hydrogen) atoms. The van der Waals surface area contributed by atoms with Gasteiger partial charge in [0.25, 0.3) is 0 Å². The highest BCUT2D eigenvalue weighted by Gasteiger charge is 2.19. The smallest absolute Gasteiger partial charge is 0.213 e. The molecule has 1 aromatic carbocycles. The van der Waals surface area contributed by atoms with Crippen molar-refractivity contribution in [3.05, 3.63) is 54.2 Å². The van der Waals surface area contributed by atoms with E-state index in [4.69, 9.17) is 4.74 Å². The number of rotatable bonds is 4. The first-order chi connectivity index (χ1) is 12.3. The Kier molecular flexibility index (Phi) is 7.96. The number of nitrogens with one attached hydrogen (secondary N) is 1. The van der Waals surface area contributed by atoms with E-state index in [0.29, 0.717) is 12.4 Å². The number of hydrogen-bond acceptors (Lipinski definition) is 4. The highest BCUT2D eigenvalue weighted by molar-refractivity contribution is 14.0. The average molecular weight is 467 g/mol. The molecule has 0 aliphatic carbocycles. The molecule has 0 unspecified atom stereocenters. The Balaban J connectivity index is 0.00000243. The largest absolute Gasteiger partial charge is 0.481 e. The molecule has 0 bridgehead atoms. The molecule has 0 amide bonds. The summed E-state index contributed by atoms with van der Waals surface area (Å²) >= 11 is 0. The van der Waals surface area contributed by atoms with Crippen molar-refractivity contribution in [2.24, 2.45) is 4.99 Å². The number of pyridine rings is 1. The predicted molar refractivity (Wildman–Crippen MR) is 117 cm³/mol. The average Bonchev–Trinajstić information content (AvgIpc) is 2.70. The van der Waals surface area contributed by atoms with Gasteiger partial charge in [-0.2, -0.15) is 0 Å². The summed E-state index contributed by atoms with van der Waals surface area (Å²) in [5.41, 5.74) is 2.41. The van der Waals surface area contributed by atoms with Gasteiger partial charge >= 0.3 is 0 Å². The van der Waals surface area contributed by atoms with Crippen molar-refractivity contribution < 1.29 is 4.74 Å². The second-order valence-corrected chi connectivity index (χ2v) is 5.92. The molecule has 0 spiro atoms. The molecule has 2 aromatic rings. The molecule has 1 saturated heterocycles. The van der Waals surface area contributed by atoms with Crippen molar-refractivity contribution in [1.29, 1.82) is 0 Å². The number of guanidine groups is 1. The van der Waals surface area contributed by atoms with Crippen molar-refractivity contribution in [1.82, 2.24) is 15.2 Å². The number of para-hydroxylation sites is 1. The Morgan fingerprint density at radius 1 is 1.15 bits per heavy atom. The van der Waals surface area contributed by atoms with Gasteiger partial charge in [0.05, 0.1) is 7.11 Å². The number of halogens is 1. The fourth-order valence-corrected chi connectivity index (χ4v) is 3.00. The molecule has 1 fully saturated rings. The van der Waals surface area contributed by atoms with E-state index in [1.165, 1.54) is 5.69 Å². The molecule has 1 aromatic heterocycles. The summed E-state index contributed by atoms with van der Waals surface area (Å²) in [6, 6.07) is 14.5. The maximum absolute atomic E-state index is 5.17. The van der Waals surface area contributed by atoms with Crippen LogP contribution in [0.15, 0.2) is 53.7 Å². The number of methoxy groups -OCH3 is 1. The number of ether oxygens (including phenoxy) is 1. The molecular formula is C19H26IN5O. The van der Waals surface area contributed by atoms with Crippen LogP contribution in [0.25, 0.3) is 0 Å². The third kappa shape index (κ3) is 5.23. The van der Waals surface area contributed by atoms with E-state index in [-0.39, 0.29) is 24.0 Å². The van der Waals surface area contributed by atoms with E-state index < -0.39 is 0 Å². The summed E-state index contributed by atoms with van der Waals surface area (Å²) in [5.74, 6) is 1.56. The Bertz CT molecular complexity index is 702. The highest BCUT2D eigenvalue weighted by atomic mass is 127. The first-order valence-electron chi connectivity index (χ1n) is 8.54. The summed E-state index contributed by atoms with van der Waals surface area (Å²) in [6.45, 7) is 4.59. The first-order valence-corrected chi connectivity index (χ1v) is 8.54. The van der Waals surface area contributed by atoms with E-state index in [1.54, 1.807) is 13.3 Å². The zero-order chi connectivity index (χ0) is 17.5. The Morgan fingerprint density at radius 2 is 1.88 bits per heavy atom. The van der Waals surface area contributed by atoms with E-state index >= 15 is 0 Å². The molecule has 1 aliphatic heterocycles. The van der Waals surface area contributed by atoms with E-state index in [1.807, 2.05) is 19.2 Å². The van der Waals surface area contributed by atoms with Crippen molar-refractivity contribution in [3.63, 3.8) is 0 Å². The monoisotopic (exact) mass is 467 g/mol. The lowest BCUT2D eigenvalue weighted by molar-refractivity contribution is 0.372. The molecule has 140 valence electrons. The summed E-state index contributed by atoms with van der Waals surface area (Å²) in [7, 11) is 3.46. The maximum atomic E-state index is 5.17. The Morgan fingerprint density at radius 3 is 2.54 bits per heavy atom. The van der Waals surface area contributed by atoms with Crippen molar-refractivity contribution in [3.8, 4) is 5.88 Å². The van der Waals surface area contributed by atoms with Gasteiger partial charge in [0.2, 0.25) is 5.88 Å². The van der Waals surface area contributed by atoms with Crippen LogP contribution in [0, 0.1) is 0 Å². The van der Waals surface area contributed by atoms with Gasteiger partial charge in [0, 0.05) is 57.7 Å². The number of aromatic nitrogens is 1. The van der Waals surface area contributed by atoms with Crippen LogP contribution in [-0.2, 0) is 6.54 Å². The van der Waals surface area contributed by atoms with Crippen LogP contribution in [0.2, 0.25) is 0 Å². The maximum Gasteiger partial charge on any atom is 0.213 e. The minimum absolute atomic E-state index is 0. The van der Waals surface area contributed by atoms with E-state index in [9.17, 15) is 0 Å². The standard InChI is InChI=1S/C19H25N5O.HI/c1-20-19(22-15-16-8-9-21-18(14-16)25-2)24-12-10-23(11-13-24)17-6-4-3-5-7-17;/h3-9,14H,10-13,15H2,1-2H3,(H,20,22);1H. The minimum Gasteiger partial charge on any atom is -0.481 e. The van der Waals surface area contributed by atoms with Gasteiger partial charge in [-0.3, -0.25) is 4.99 Å². The number of benzene rings is 1. The van der Waals surface area contributed by atoms with Crippen molar-refractivity contribution >= 4 is 35.6 Å². The van der Waals surface area contributed by atoms with E-state index in [2.05, 4.69) is 55.4 Å². The predicted octanol–water partition coefficient (Wildman–Crippen LogP) is 2.61. The molecule has 0 saturated carbocycles. The summed E-state index contributed by atoms with van der Waals surface area (Å²) in [6.07, 6.45) is 1.76. The number of nitrogens with zero attached hydrogens (tertiary/aromatic N) is 4. The van der Waals surface area contributed by atoms with Gasteiger partial charge in [0.1, 0.15) is 0 Å². The van der Waals surface area contributed by atoms with Crippen molar-refractivity contribution in [2.75, 3.05) is 45.2 Å². The van der Waals surface area contributed by atoms with E-state index in [0.717, 1.165) is 37.7 Å². The lowest BCUT2D eigenvalue weighted by atomic mass is 10.2. The van der Waals surface area contributed by atoms with Crippen LogP contribution < -0.4 is 15.0 Å². The Labute approximate surface area is 172 Å². The third-order valence-corrected chi connectivity index (χ3v) is 4.37. The molecule has 1 aliphatic rings. The minimum atomic E-state index is 0. The molecule has 7 heteroatoms. The molecule has 0 radical (unpaired) electrons. The van der Waals surface area contributed by atoms with Gasteiger partial charge < -0.3 is 19.9 Å². The van der Waals surface area contributed by atoms with Crippen LogP contribution in [0.5, 0.6) is 5.88 Å². The van der Waals surface area contributed by atoms with Gasteiger partial charge in [-0.15, -0.1) is 24.0 Å². The number of anilines is 1. The fourth-order valence-electron chi connectivity index (χ4n) is 3.00. The number of aliphatic imine (C=N–C) groups is 1. The number of piperazine rings is 1. The summed E-state index contributed by atoms with van der Waals surface area (Å²) in [4.78, 5) is 13.3. The lowest BCUT2D eigenvalue weighted by Gasteiger charge is -2.37. The second kappa shape index (κ2) is 10.2. The second-order valence-electron chi connectivity index (χ2n) is 5.92. The molecular weight excluding hydrogens is 441 g/mol. The summed E-state index contributed by atoms with van der Waals surface area (Å²) < 4.78 is 5.17. The van der Waals surface area contributed by atoms with Crippen LogP contribution in [0.1, 0.15) is 5.56 Å². The van der Waals surface area contributed by atoms with Crippen molar-refractivity contribution in [2.45, 2.75) is 6.54 Å². The Hall–Kier alpha value is -2.03. The molecule has 0 atom stereocenters. The molecule has 6 nitrogen and oxygen atoms in total. The third-order valence-electron chi connectivity index (χ3n) is 4.37. The SMILES string of the molecule is CN=C(NCc1ccnc(OC)c1)N1CCN(c2ccccc2)CC1.I. The zero-order valence-corrected chi connectivity index (χ0v) is 17.6. The van der Waals surface area contributed by atoms with Crippen LogP contribution >= 0.6 is 24.0 Å². The van der Waals surface area contributed by atoms with Crippen LogP contribution in [0.4, 0.5) is 5.69 Å². The normalized spacial score (nSPS) is 14.6. The topological polar surface area (TPSA) is 53.0 Å². The number of hydrogen-bond donors (Lipinski definition) is 1.